The van der Waals surface area contributed by atoms with Gasteiger partial charge in [-0.1, -0.05) is 20.3 Å². The molecule has 0 aromatic carbocycles. The summed E-state index contributed by atoms with van der Waals surface area (Å²) < 4.78 is 0. The molecule has 0 saturated heterocycles. The molecule has 1 amide bonds. The van der Waals surface area contributed by atoms with E-state index in [1.54, 1.807) is 0 Å². The van der Waals surface area contributed by atoms with E-state index < -0.39 is 5.54 Å². The first-order chi connectivity index (χ1) is 12.2. The number of nitrogens with one attached hydrogen (secondary N) is 1. The highest BCUT2D eigenvalue weighted by Crippen LogP contribution is 2.67. The number of hydrogen-bond acceptors (Lipinski definition) is 3. The molecule has 4 saturated carbocycles. The fourth-order valence-electron chi connectivity index (χ4n) is 8.03. The van der Waals surface area contributed by atoms with Crippen molar-refractivity contribution in [1.29, 1.82) is 0 Å². The average Bonchev–Trinajstić information content (AvgIpc) is 2.96. The zero-order chi connectivity index (χ0) is 18.7. The van der Waals surface area contributed by atoms with Crippen LogP contribution >= 0.6 is 0 Å². The Morgan fingerprint density at radius 3 is 2.50 bits per heavy atom. The van der Waals surface area contributed by atoms with Gasteiger partial charge in [0.05, 0.1) is 0 Å². The van der Waals surface area contributed by atoms with Gasteiger partial charge in [0.15, 0.2) is 0 Å². The minimum atomic E-state index is -0.855. The van der Waals surface area contributed by atoms with Crippen LogP contribution in [0.2, 0.25) is 0 Å². The first-order valence-electron chi connectivity index (χ1n) is 10.6. The molecule has 2 unspecified atom stereocenters. The van der Waals surface area contributed by atoms with E-state index >= 15 is 0 Å². The maximum atomic E-state index is 12.4. The van der Waals surface area contributed by atoms with Crippen LogP contribution in [0, 0.1) is 38.7 Å². The molecule has 0 aromatic rings. The highest BCUT2D eigenvalue weighted by atomic mass is 16.6. The van der Waals surface area contributed by atoms with Crippen LogP contribution in [0.5, 0.6) is 0 Å². The Kier molecular flexibility index (Phi) is 4.16. The van der Waals surface area contributed by atoms with Gasteiger partial charge in [-0.2, -0.15) is 0 Å². The van der Waals surface area contributed by atoms with Crippen molar-refractivity contribution in [2.45, 2.75) is 96.6 Å². The third-order valence-electron chi connectivity index (χ3n) is 9.34. The largest absolute Gasteiger partial charge is 0.353 e. The van der Waals surface area contributed by atoms with Gasteiger partial charge in [0.2, 0.25) is 11.4 Å². The van der Waals surface area contributed by atoms with E-state index in [4.69, 9.17) is 0 Å². The Hall–Kier alpha value is -1.13. The van der Waals surface area contributed by atoms with Crippen LogP contribution in [-0.4, -0.2) is 22.4 Å². The Balaban J connectivity index is 1.66. The number of carbonyl (C=O) groups is 1. The minimum Gasteiger partial charge on any atom is -0.353 e. The predicted molar refractivity (Wildman–Crippen MR) is 100 cm³/mol. The van der Waals surface area contributed by atoms with Crippen LogP contribution in [-0.2, 0) is 4.79 Å². The van der Waals surface area contributed by atoms with Crippen LogP contribution in [0.25, 0.3) is 0 Å². The Morgan fingerprint density at radius 2 is 1.81 bits per heavy atom. The van der Waals surface area contributed by atoms with E-state index in [9.17, 15) is 14.9 Å². The molecule has 0 aliphatic heterocycles. The first-order valence-corrected chi connectivity index (χ1v) is 10.6. The summed E-state index contributed by atoms with van der Waals surface area (Å²) in [6.45, 7) is 6.23. The maximum absolute atomic E-state index is 12.4. The minimum absolute atomic E-state index is 0.0390. The monoisotopic (exact) mass is 362 g/mol. The fourth-order valence-corrected chi connectivity index (χ4v) is 8.03. The van der Waals surface area contributed by atoms with E-state index in [1.165, 1.54) is 32.6 Å². The van der Waals surface area contributed by atoms with Crippen molar-refractivity contribution in [2.75, 3.05) is 0 Å². The summed E-state index contributed by atoms with van der Waals surface area (Å²) in [5.41, 5.74) is -0.594. The molecule has 0 spiro atoms. The zero-order valence-electron chi connectivity index (χ0n) is 16.6. The van der Waals surface area contributed by atoms with Crippen molar-refractivity contribution < 1.29 is 9.72 Å². The van der Waals surface area contributed by atoms with Gasteiger partial charge in [0.1, 0.15) is 0 Å². The molecule has 26 heavy (non-hydrogen) atoms. The molecule has 4 aliphatic carbocycles. The van der Waals surface area contributed by atoms with Gasteiger partial charge < -0.3 is 5.32 Å². The average molecular weight is 363 g/mol. The molecular weight excluding hydrogens is 328 g/mol. The maximum Gasteiger partial charge on any atom is 0.229 e. The summed E-state index contributed by atoms with van der Waals surface area (Å²) in [5.74, 6) is 1.86. The summed E-state index contributed by atoms with van der Waals surface area (Å²) in [7, 11) is 0. The van der Waals surface area contributed by atoms with Gasteiger partial charge in [-0.05, 0) is 68.1 Å². The van der Waals surface area contributed by atoms with Crippen molar-refractivity contribution in [3.05, 3.63) is 10.1 Å². The lowest BCUT2D eigenvalue weighted by molar-refractivity contribution is -0.607. The second-order valence-corrected chi connectivity index (χ2v) is 10.3. The SMILES string of the molecule is CC(=O)NC1CC[C@]2(C)[C@@H]3CC[C@]4(C)CCC[C@H]4[C@@H]3CCC2([N+](=O)[O-])C1. The van der Waals surface area contributed by atoms with Crippen LogP contribution in [0.4, 0.5) is 0 Å². The van der Waals surface area contributed by atoms with Gasteiger partial charge in [-0.15, -0.1) is 0 Å². The zero-order valence-corrected chi connectivity index (χ0v) is 16.6. The van der Waals surface area contributed by atoms with Crippen LogP contribution in [0.3, 0.4) is 0 Å². The number of nitrogens with zero attached hydrogens (tertiary/aromatic N) is 1. The standard InChI is InChI=1S/C21H34N2O3/c1-14(24)22-15-6-11-20(3)18-8-10-19(2)9-4-5-17(19)16(18)7-12-21(20,13-15)23(25)26/h15-18H,4-13H2,1-3H3,(H,22,24)/t15?,16-,17-,18+,19-,20+,21?/m0/s1. The molecule has 0 aromatic heterocycles. The summed E-state index contributed by atoms with van der Waals surface area (Å²) in [6, 6.07) is -0.0390. The Bertz CT molecular complexity index is 622. The number of nitro groups is 1. The second kappa shape index (κ2) is 5.93. The highest BCUT2D eigenvalue weighted by molar-refractivity contribution is 5.73. The van der Waals surface area contributed by atoms with Gasteiger partial charge >= 0.3 is 0 Å². The normalized spacial score (nSPS) is 50.3. The molecule has 5 nitrogen and oxygen atoms in total. The van der Waals surface area contributed by atoms with Gasteiger partial charge in [0, 0.05) is 36.1 Å². The highest BCUT2D eigenvalue weighted by Gasteiger charge is 2.69. The van der Waals surface area contributed by atoms with Gasteiger partial charge in [0.25, 0.3) is 0 Å². The van der Waals surface area contributed by atoms with Crippen molar-refractivity contribution in [3.63, 3.8) is 0 Å². The molecule has 4 rings (SSSR count). The Labute approximate surface area is 156 Å². The van der Waals surface area contributed by atoms with E-state index in [-0.39, 0.29) is 22.3 Å². The molecule has 0 radical (unpaired) electrons. The van der Waals surface area contributed by atoms with Crippen LogP contribution in [0.15, 0.2) is 0 Å². The number of rotatable bonds is 2. The van der Waals surface area contributed by atoms with Crippen LogP contribution in [0.1, 0.15) is 85.0 Å². The van der Waals surface area contributed by atoms with Crippen molar-refractivity contribution in [3.8, 4) is 0 Å². The quantitative estimate of drug-likeness (QED) is 0.587. The lowest BCUT2D eigenvalue weighted by Gasteiger charge is -2.61. The van der Waals surface area contributed by atoms with Crippen molar-refractivity contribution in [2.24, 2.45) is 28.6 Å². The third-order valence-corrected chi connectivity index (χ3v) is 9.34. The molecular formula is C21H34N2O3. The summed E-state index contributed by atoms with van der Waals surface area (Å²) in [6.07, 6.45) is 10.4. The molecule has 146 valence electrons. The predicted octanol–water partition coefficient (Wildman–Crippen LogP) is 4.32. The molecule has 5 heteroatoms. The van der Waals surface area contributed by atoms with Crippen molar-refractivity contribution in [1.82, 2.24) is 5.32 Å². The number of amides is 1. The summed E-state index contributed by atoms with van der Waals surface area (Å²) in [4.78, 5) is 24.0. The summed E-state index contributed by atoms with van der Waals surface area (Å²) >= 11 is 0. The number of carbonyl (C=O) groups excluding carboxylic acids is 1. The lowest BCUT2D eigenvalue weighted by Crippen LogP contribution is -2.67. The molecule has 1 N–H and O–H groups in total. The number of fused-ring (bicyclic) bond motifs is 5. The van der Waals surface area contributed by atoms with E-state index in [0.717, 1.165) is 31.6 Å². The van der Waals surface area contributed by atoms with E-state index in [0.29, 0.717) is 30.1 Å². The Morgan fingerprint density at radius 1 is 1.04 bits per heavy atom. The molecule has 4 aliphatic rings. The topological polar surface area (TPSA) is 72.2 Å². The third kappa shape index (κ3) is 2.37. The molecule has 0 heterocycles. The van der Waals surface area contributed by atoms with Crippen LogP contribution < -0.4 is 5.32 Å². The van der Waals surface area contributed by atoms with E-state index in [2.05, 4.69) is 19.2 Å². The smallest absolute Gasteiger partial charge is 0.229 e. The van der Waals surface area contributed by atoms with Crippen molar-refractivity contribution >= 4 is 5.91 Å². The lowest BCUT2D eigenvalue weighted by atomic mass is 9.42. The first kappa shape index (κ1) is 18.2. The fraction of sp³-hybridized carbons (Fsp3) is 0.952. The van der Waals surface area contributed by atoms with E-state index in [1.807, 2.05) is 0 Å². The van der Waals surface area contributed by atoms with Gasteiger partial charge in [-0.25, -0.2) is 0 Å². The number of hydrogen-bond donors (Lipinski definition) is 1. The second-order valence-electron chi connectivity index (χ2n) is 10.3. The molecule has 7 atom stereocenters. The molecule has 4 fully saturated rings. The van der Waals surface area contributed by atoms with Gasteiger partial charge in [-0.3, -0.25) is 14.9 Å². The summed E-state index contributed by atoms with van der Waals surface area (Å²) in [5, 5.41) is 15.4. The molecule has 0 bridgehead atoms.